The molecule has 0 bridgehead atoms. The lowest BCUT2D eigenvalue weighted by molar-refractivity contribution is 0.342. The van der Waals surface area contributed by atoms with Gasteiger partial charge in [0.1, 0.15) is 0 Å². The van der Waals surface area contributed by atoms with Gasteiger partial charge in [-0.3, -0.25) is 0 Å². The third-order valence-electron chi connectivity index (χ3n) is 4.88. The SMILES string of the molecule is CCCCCCCCCCCCCC(C)C(C)CC. The predicted molar refractivity (Wildman–Crippen MR) is 89.7 cm³/mol. The standard InChI is InChI=1S/C19H40/c1-5-7-8-9-10-11-12-13-14-15-16-17-19(4)18(3)6-2/h18-19H,5-17H2,1-4H3. The Morgan fingerprint density at radius 1 is 0.526 bits per heavy atom. The molecule has 2 atom stereocenters. The fraction of sp³-hybridized carbons (Fsp3) is 1.00. The summed E-state index contributed by atoms with van der Waals surface area (Å²) < 4.78 is 0. The molecule has 0 saturated carbocycles. The van der Waals surface area contributed by atoms with Crippen molar-refractivity contribution in [3.63, 3.8) is 0 Å². The van der Waals surface area contributed by atoms with Crippen LogP contribution in [0, 0.1) is 11.8 Å². The Morgan fingerprint density at radius 2 is 0.947 bits per heavy atom. The molecule has 0 aliphatic heterocycles. The zero-order valence-electron chi connectivity index (χ0n) is 14.3. The van der Waals surface area contributed by atoms with E-state index in [1.165, 1.54) is 83.5 Å². The monoisotopic (exact) mass is 268 g/mol. The van der Waals surface area contributed by atoms with Crippen LogP contribution < -0.4 is 0 Å². The first-order valence-corrected chi connectivity index (χ1v) is 9.22. The van der Waals surface area contributed by atoms with Crippen molar-refractivity contribution in [3.05, 3.63) is 0 Å². The van der Waals surface area contributed by atoms with E-state index in [9.17, 15) is 0 Å². The molecule has 0 aromatic rings. The largest absolute Gasteiger partial charge is 0.0654 e. The minimum Gasteiger partial charge on any atom is -0.0654 e. The quantitative estimate of drug-likeness (QED) is 0.288. The van der Waals surface area contributed by atoms with E-state index in [2.05, 4.69) is 27.7 Å². The molecule has 0 heteroatoms. The minimum absolute atomic E-state index is 0.920. The summed E-state index contributed by atoms with van der Waals surface area (Å²) >= 11 is 0. The van der Waals surface area contributed by atoms with Crippen molar-refractivity contribution in [1.82, 2.24) is 0 Å². The Kier molecular flexibility index (Phi) is 14.4. The van der Waals surface area contributed by atoms with Crippen LogP contribution in [0.5, 0.6) is 0 Å². The van der Waals surface area contributed by atoms with Crippen molar-refractivity contribution in [2.75, 3.05) is 0 Å². The first-order valence-electron chi connectivity index (χ1n) is 9.22. The van der Waals surface area contributed by atoms with Gasteiger partial charge in [-0.05, 0) is 11.8 Å². The van der Waals surface area contributed by atoms with Gasteiger partial charge < -0.3 is 0 Å². The summed E-state index contributed by atoms with van der Waals surface area (Å²) in [5.74, 6) is 1.85. The van der Waals surface area contributed by atoms with Crippen LogP contribution in [0.2, 0.25) is 0 Å². The number of hydrogen-bond acceptors (Lipinski definition) is 0. The molecule has 0 aliphatic carbocycles. The Morgan fingerprint density at radius 3 is 1.37 bits per heavy atom. The Labute approximate surface area is 123 Å². The van der Waals surface area contributed by atoms with Crippen LogP contribution in [0.3, 0.4) is 0 Å². The van der Waals surface area contributed by atoms with Gasteiger partial charge in [-0.15, -0.1) is 0 Å². The second kappa shape index (κ2) is 14.4. The van der Waals surface area contributed by atoms with Crippen LogP contribution in [-0.4, -0.2) is 0 Å². The van der Waals surface area contributed by atoms with E-state index in [-0.39, 0.29) is 0 Å². The summed E-state index contributed by atoms with van der Waals surface area (Å²) in [4.78, 5) is 0. The minimum atomic E-state index is 0.920. The van der Waals surface area contributed by atoms with Crippen molar-refractivity contribution in [2.45, 2.75) is 111 Å². The van der Waals surface area contributed by atoms with Crippen molar-refractivity contribution in [3.8, 4) is 0 Å². The molecule has 2 unspecified atom stereocenters. The molecule has 0 aromatic heterocycles. The lowest BCUT2D eigenvalue weighted by Gasteiger charge is -2.17. The average Bonchev–Trinajstić information content (AvgIpc) is 2.43. The van der Waals surface area contributed by atoms with E-state index in [0.29, 0.717) is 0 Å². The maximum Gasteiger partial charge on any atom is -0.0417 e. The molecule has 116 valence electrons. The van der Waals surface area contributed by atoms with Gasteiger partial charge in [0.05, 0.1) is 0 Å². The van der Waals surface area contributed by atoms with Crippen molar-refractivity contribution in [2.24, 2.45) is 11.8 Å². The molecular formula is C19H40. The van der Waals surface area contributed by atoms with Crippen LogP contribution in [-0.2, 0) is 0 Å². The van der Waals surface area contributed by atoms with E-state index < -0.39 is 0 Å². The second-order valence-corrected chi connectivity index (χ2v) is 6.69. The maximum atomic E-state index is 2.43. The summed E-state index contributed by atoms with van der Waals surface area (Å²) in [6, 6.07) is 0. The molecule has 0 amide bonds. The first kappa shape index (κ1) is 19.0. The van der Waals surface area contributed by atoms with E-state index in [0.717, 1.165) is 11.8 Å². The second-order valence-electron chi connectivity index (χ2n) is 6.69. The fourth-order valence-electron chi connectivity index (χ4n) is 2.82. The highest BCUT2D eigenvalue weighted by Crippen LogP contribution is 2.21. The highest BCUT2D eigenvalue weighted by Gasteiger charge is 2.08. The van der Waals surface area contributed by atoms with Gasteiger partial charge in [0.25, 0.3) is 0 Å². The van der Waals surface area contributed by atoms with Crippen LogP contribution in [0.4, 0.5) is 0 Å². The van der Waals surface area contributed by atoms with Crippen LogP contribution >= 0.6 is 0 Å². The van der Waals surface area contributed by atoms with Crippen molar-refractivity contribution >= 4 is 0 Å². The Bertz CT molecular complexity index is 161. The highest BCUT2D eigenvalue weighted by atomic mass is 14.1. The molecule has 0 heterocycles. The van der Waals surface area contributed by atoms with Crippen LogP contribution in [0.15, 0.2) is 0 Å². The van der Waals surface area contributed by atoms with E-state index >= 15 is 0 Å². The smallest absolute Gasteiger partial charge is 0.0417 e. The van der Waals surface area contributed by atoms with Crippen LogP contribution in [0.25, 0.3) is 0 Å². The summed E-state index contributed by atoms with van der Waals surface area (Å²) in [6.45, 7) is 9.46. The predicted octanol–water partition coefficient (Wildman–Crippen LogP) is 7.37. The molecule has 0 aromatic carbocycles. The first-order chi connectivity index (χ1) is 9.22. The van der Waals surface area contributed by atoms with Gasteiger partial charge in [-0.25, -0.2) is 0 Å². The normalized spacial score (nSPS) is 14.5. The lowest BCUT2D eigenvalue weighted by atomic mass is 9.89. The van der Waals surface area contributed by atoms with Crippen LogP contribution in [0.1, 0.15) is 111 Å². The van der Waals surface area contributed by atoms with Gasteiger partial charge in [0.2, 0.25) is 0 Å². The molecule has 0 fully saturated rings. The molecule has 0 rings (SSSR count). The zero-order valence-corrected chi connectivity index (χ0v) is 14.3. The fourth-order valence-corrected chi connectivity index (χ4v) is 2.82. The zero-order chi connectivity index (χ0) is 14.3. The molecule has 0 aliphatic rings. The summed E-state index contributed by atoms with van der Waals surface area (Å²) in [5.41, 5.74) is 0. The maximum absolute atomic E-state index is 2.43. The molecule has 19 heavy (non-hydrogen) atoms. The van der Waals surface area contributed by atoms with Gasteiger partial charge in [-0.2, -0.15) is 0 Å². The summed E-state index contributed by atoms with van der Waals surface area (Å²) in [6.07, 6.45) is 18.9. The third kappa shape index (κ3) is 12.8. The molecule has 0 saturated heterocycles. The van der Waals surface area contributed by atoms with Gasteiger partial charge in [-0.1, -0.05) is 111 Å². The van der Waals surface area contributed by atoms with E-state index in [1.54, 1.807) is 0 Å². The number of rotatable bonds is 14. The van der Waals surface area contributed by atoms with E-state index in [4.69, 9.17) is 0 Å². The Balaban J connectivity index is 3.10. The third-order valence-corrected chi connectivity index (χ3v) is 4.88. The number of hydrogen-bond donors (Lipinski definition) is 0. The number of unbranched alkanes of at least 4 members (excludes halogenated alkanes) is 10. The summed E-state index contributed by atoms with van der Waals surface area (Å²) in [7, 11) is 0. The van der Waals surface area contributed by atoms with E-state index in [1.807, 2.05) is 0 Å². The molecular weight excluding hydrogens is 228 g/mol. The summed E-state index contributed by atoms with van der Waals surface area (Å²) in [5, 5.41) is 0. The van der Waals surface area contributed by atoms with Gasteiger partial charge in [0.15, 0.2) is 0 Å². The average molecular weight is 269 g/mol. The van der Waals surface area contributed by atoms with Gasteiger partial charge in [0, 0.05) is 0 Å². The molecule has 0 spiro atoms. The molecule has 0 radical (unpaired) electrons. The Hall–Kier alpha value is 0. The molecule has 0 N–H and O–H groups in total. The molecule has 0 nitrogen and oxygen atoms in total. The van der Waals surface area contributed by atoms with Crippen molar-refractivity contribution in [1.29, 1.82) is 0 Å². The lowest BCUT2D eigenvalue weighted by Crippen LogP contribution is -2.06. The van der Waals surface area contributed by atoms with Gasteiger partial charge >= 0.3 is 0 Å². The highest BCUT2D eigenvalue weighted by molar-refractivity contribution is 4.60. The van der Waals surface area contributed by atoms with Crippen molar-refractivity contribution < 1.29 is 0 Å². The topological polar surface area (TPSA) is 0 Å².